The summed E-state index contributed by atoms with van der Waals surface area (Å²) in [6.45, 7) is 6.53. The van der Waals surface area contributed by atoms with Gasteiger partial charge in [-0.25, -0.2) is 9.18 Å². The lowest BCUT2D eigenvalue weighted by atomic mass is 10.0. The Morgan fingerprint density at radius 3 is 2.31 bits per heavy atom. The fraction of sp³-hybridized carbons (Fsp3) is 0.270. The molecule has 4 aromatic rings. The van der Waals surface area contributed by atoms with Gasteiger partial charge >= 0.3 is 11.9 Å². The van der Waals surface area contributed by atoms with Gasteiger partial charge in [-0.2, -0.15) is 0 Å². The van der Waals surface area contributed by atoms with Crippen LogP contribution in [0.4, 0.5) is 4.39 Å². The SMILES string of the molecule is C=CC(=O)OCCCCCCOc1ccc2cc(COc3ccc(CCC(=O)Oc4ccc(C)cc4)c(F)c3C=N)ccc2c1. The second-order valence-electron chi connectivity index (χ2n) is 10.6. The Morgan fingerprint density at radius 1 is 0.844 bits per heavy atom. The zero-order valence-electron chi connectivity index (χ0n) is 25.5. The smallest absolute Gasteiger partial charge is 0.330 e. The van der Waals surface area contributed by atoms with Gasteiger partial charge in [0.25, 0.3) is 0 Å². The number of benzene rings is 4. The van der Waals surface area contributed by atoms with Crippen LogP contribution in [0, 0.1) is 18.2 Å². The highest BCUT2D eigenvalue weighted by Gasteiger charge is 2.15. The first-order valence-electron chi connectivity index (χ1n) is 15.0. The van der Waals surface area contributed by atoms with E-state index < -0.39 is 11.8 Å². The van der Waals surface area contributed by atoms with E-state index in [1.807, 2.05) is 55.5 Å². The molecular weight excluding hydrogens is 573 g/mol. The molecule has 4 rings (SSSR count). The topological polar surface area (TPSA) is 94.9 Å². The van der Waals surface area contributed by atoms with Crippen molar-refractivity contribution in [2.45, 2.75) is 52.1 Å². The van der Waals surface area contributed by atoms with Gasteiger partial charge in [0, 0.05) is 12.3 Å². The lowest BCUT2D eigenvalue weighted by molar-refractivity contribution is -0.138. The average molecular weight is 612 g/mol. The monoisotopic (exact) mass is 611 g/mol. The third-order valence-corrected chi connectivity index (χ3v) is 7.20. The normalized spacial score (nSPS) is 10.7. The van der Waals surface area contributed by atoms with E-state index in [4.69, 9.17) is 24.4 Å². The zero-order valence-corrected chi connectivity index (χ0v) is 25.5. The minimum Gasteiger partial charge on any atom is -0.494 e. The van der Waals surface area contributed by atoms with Gasteiger partial charge in [0.05, 0.1) is 25.2 Å². The van der Waals surface area contributed by atoms with Crippen LogP contribution in [-0.4, -0.2) is 31.4 Å². The van der Waals surface area contributed by atoms with E-state index in [0.717, 1.165) is 59.5 Å². The molecule has 0 saturated carbocycles. The van der Waals surface area contributed by atoms with Crippen LogP contribution >= 0.6 is 0 Å². The highest BCUT2D eigenvalue weighted by molar-refractivity contribution is 5.85. The molecule has 0 heterocycles. The first kappa shape index (κ1) is 32.9. The van der Waals surface area contributed by atoms with Crippen LogP contribution in [0.25, 0.3) is 10.8 Å². The molecule has 0 aromatic heterocycles. The van der Waals surface area contributed by atoms with Gasteiger partial charge in [0.1, 0.15) is 29.7 Å². The molecule has 0 spiro atoms. The molecule has 7 nitrogen and oxygen atoms in total. The van der Waals surface area contributed by atoms with Crippen LogP contribution in [-0.2, 0) is 27.4 Å². The Morgan fingerprint density at radius 2 is 1.56 bits per heavy atom. The largest absolute Gasteiger partial charge is 0.494 e. The lowest BCUT2D eigenvalue weighted by Crippen LogP contribution is -2.10. The molecule has 0 radical (unpaired) electrons. The molecule has 0 fully saturated rings. The van der Waals surface area contributed by atoms with E-state index >= 15 is 4.39 Å². The molecule has 0 atom stereocenters. The molecule has 0 aliphatic rings. The Kier molecular flexibility index (Phi) is 12.3. The van der Waals surface area contributed by atoms with Gasteiger partial charge in [-0.3, -0.25) is 4.79 Å². The van der Waals surface area contributed by atoms with E-state index in [2.05, 4.69) is 6.58 Å². The maximum absolute atomic E-state index is 15.2. The molecule has 8 heteroatoms. The fourth-order valence-corrected chi connectivity index (χ4v) is 4.69. The first-order valence-corrected chi connectivity index (χ1v) is 15.0. The number of ether oxygens (including phenoxy) is 4. The number of aryl methyl sites for hydroxylation is 2. The molecule has 234 valence electrons. The predicted octanol–water partition coefficient (Wildman–Crippen LogP) is 8.07. The summed E-state index contributed by atoms with van der Waals surface area (Å²) in [5, 5.41) is 9.81. The standard InChI is InChI=1S/C37H38FNO6/c1-3-35(40)43-21-7-5-4-6-20-42-32-17-12-29-22-27(10-11-30(29)23-32)25-44-34-18-13-28(37(38)33(34)24-39)14-19-36(41)45-31-15-8-26(2)9-16-31/h3,8-13,15-18,22-24,39H,1,4-7,14,19-21,25H2,2H3. The van der Waals surface area contributed by atoms with Crippen molar-refractivity contribution in [1.29, 1.82) is 5.41 Å². The van der Waals surface area contributed by atoms with Crippen LogP contribution < -0.4 is 14.2 Å². The van der Waals surface area contributed by atoms with Crippen LogP contribution in [0.1, 0.15) is 54.4 Å². The van der Waals surface area contributed by atoms with Crippen LogP contribution in [0.2, 0.25) is 0 Å². The Balaban J connectivity index is 1.25. The van der Waals surface area contributed by atoms with Crippen LogP contribution in [0.5, 0.6) is 17.2 Å². The van der Waals surface area contributed by atoms with Crippen molar-refractivity contribution in [2.75, 3.05) is 13.2 Å². The second kappa shape index (κ2) is 16.8. The number of halogens is 1. The first-order chi connectivity index (χ1) is 21.9. The number of nitrogens with one attached hydrogen (secondary N) is 1. The molecule has 0 bridgehead atoms. The molecular formula is C37H38FNO6. The molecule has 0 aliphatic heterocycles. The van der Waals surface area contributed by atoms with Crippen molar-refractivity contribution < 1.29 is 32.9 Å². The highest BCUT2D eigenvalue weighted by Crippen LogP contribution is 2.27. The minimum absolute atomic E-state index is 0.00286. The lowest BCUT2D eigenvalue weighted by Gasteiger charge is -2.13. The van der Waals surface area contributed by atoms with Crippen molar-refractivity contribution in [3.8, 4) is 17.2 Å². The molecule has 1 N–H and O–H groups in total. The second-order valence-corrected chi connectivity index (χ2v) is 10.6. The van der Waals surface area contributed by atoms with E-state index in [0.29, 0.717) is 24.5 Å². The van der Waals surface area contributed by atoms with Gasteiger partial charge in [0.2, 0.25) is 0 Å². The number of unbranched alkanes of at least 4 members (excludes halogenated alkanes) is 3. The average Bonchev–Trinajstić information content (AvgIpc) is 3.05. The number of hydrogen-bond donors (Lipinski definition) is 1. The third kappa shape index (κ3) is 10.0. The number of carbonyl (C=O) groups is 2. The van der Waals surface area contributed by atoms with Crippen molar-refractivity contribution in [1.82, 2.24) is 0 Å². The predicted molar refractivity (Wildman–Crippen MR) is 173 cm³/mol. The fourth-order valence-electron chi connectivity index (χ4n) is 4.69. The van der Waals surface area contributed by atoms with Gasteiger partial charge in [-0.1, -0.05) is 48.5 Å². The molecule has 45 heavy (non-hydrogen) atoms. The summed E-state index contributed by atoms with van der Waals surface area (Å²) in [6.07, 6.45) is 5.91. The summed E-state index contributed by atoms with van der Waals surface area (Å²) in [6, 6.07) is 22.2. The summed E-state index contributed by atoms with van der Waals surface area (Å²) in [5.74, 6) is 0.0756. The maximum atomic E-state index is 15.2. The Labute approximate surface area is 263 Å². The minimum atomic E-state index is -0.578. The number of esters is 2. The summed E-state index contributed by atoms with van der Waals surface area (Å²) < 4.78 is 37.4. The quantitative estimate of drug-likeness (QED) is 0.0427. The van der Waals surface area contributed by atoms with Crippen molar-refractivity contribution in [2.24, 2.45) is 0 Å². The van der Waals surface area contributed by atoms with E-state index in [9.17, 15) is 9.59 Å². The van der Waals surface area contributed by atoms with Crippen molar-refractivity contribution in [3.05, 3.63) is 114 Å². The van der Waals surface area contributed by atoms with Crippen LogP contribution in [0.15, 0.2) is 85.5 Å². The van der Waals surface area contributed by atoms with Gasteiger partial charge in [-0.15, -0.1) is 0 Å². The summed E-state index contributed by atoms with van der Waals surface area (Å²) in [5.41, 5.74) is 2.31. The highest BCUT2D eigenvalue weighted by atomic mass is 19.1. The summed E-state index contributed by atoms with van der Waals surface area (Å²) in [4.78, 5) is 23.3. The van der Waals surface area contributed by atoms with E-state index in [-0.39, 0.29) is 36.7 Å². The summed E-state index contributed by atoms with van der Waals surface area (Å²) >= 11 is 0. The number of carbonyl (C=O) groups excluding carboxylic acids is 2. The van der Waals surface area contributed by atoms with Crippen molar-refractivity contribution >= 4 is 28.9 Å². The summed E-state index contributed by atoms with van der Waals surface area (Å²) in [7, 11) is 0. The maximum Gasteiger partial charge on any atom is 0.330 e. The molecule has 0 unspecified atom stereocenters. The number of hydrogen-bond acceptors (Lipinski definition) is 7. The molecule has 0 saturated heterocycles. The van der Waals surface area contributed by atoms with Gasteiger partial charge < -0.3 is 24.4 Å². The number of rotatable bonds is 17. The third-order valence-electron chi connectivity index (χ3n) is 7.20. The molecule has 4 aromatic carbocycles. The Hall–Kier alpha value is -4.98. The number of fused-ring (bicyclic) bond motifs is 1. The van der Waals surface area contributed by atoms with E-state index in [1.165, 1.54) is 6.08 Å². The van der Waals surface area contributed by atoms with Crippen LogP contribution in [0.3, 0.4) is 0 Å². The van der Waals surface area contributed by atoms with Gasteiger partial charge in [0.15, 0.2) is 0 Å². The molecule has 0 amide bonds. The molecule has 0 aliphatic carbocycles. The van der Waals surface area contributed by atoms with Crippen molar-refractivity contribution in [3.63, 3.8) is 0 Å². The van der Waals surface area contributed by atoms with E-state index in [1.54, 1.807) is 24.3 Å². The van der Waals surface area contributed by atoms with Gasteiger partial charge in [-0.05, 0) is 97.3 Å². The zero-order chi connectivity index (χ0) is 32.0. The Bertz CT molecular complexity index is 1630.